The molecule has 0 unspecified atom stereocenters. The second kappa shape index (κ2) is 13.1. The molecule has 17 heteroatoms. The number of hydrazone groups is 1. The van der Waals surface area contributed by atoms with Crippen molar-refractivity contribution in [1.82, 2.24) is 9.73 Å². The van der Waals surface area contributed by atoms with Crippen LogP contribution in [0.3, 0.4) is 0 Å². The van der Waals surface area contributed by atoms with Crippen molar-refractivity contribution in [1.29, 1.82) is 0 Å². The molecule has 3 rings (SSSR count). The number of rotatable bonds is 9. The zero-order valence-corrected chi connectivity index (χ0v) is 23.4. The summed E-state index contributed by atoms with van der Waals surface area (Å²) in [6.45, 7) is 3.80. The van der Waals surface area contributed by atoms with E-state index in [4.69, 9.17) is 23.7 Å². The van der Waals surface area contributed by atoms with Gasteiger partial charge in [-0.25, -0.2) is 0 Å². The van der Waals surface area contributed by atoms with Gasteiger partial charge in [0.2, 0.25) is 5.91 Å². The molecule has 1 amide bonds. The van der Waals surface area contributed by atoms with Crippen molar-refractivity contribution in [3.05, 3.63) is 30.3 Å². The van der Waals surface area contributed by atoms with Crippen molar-refractivity contribution < 1.29 is 56.1 Å². The Bertz CT molecular complexity index is 1290. The summed E-state index contributed by atoms with van der Waals surface area (Å²) in [6.07, 6.45) is -7.40. The Labute approximate surface area is 233 Å². The lowest BCUT2D eigenvalue weighted by molar-refractivity contribution is -0.268. The molecule has 2 fully saturated rings. The lowest BCUT2D eigenvalue weighted by Gasteiger charge is -2.46. The molecule has 0 radical (unpaired) electrons. The predicted octanol–water partition coefficient (Wildman–Crippen LogP) is -0.106. The summed E-state index contributed by atoms with van der Waals surface area (Å²) < 4.78 is 52.5. The quantitative estimate of drug-likeness (QED) is 0.224. The topological polar surface area (TPSA) is 193 Å². The van der Waals surface area contributed by atoms with E-state index in [0.29, 0.717) is 0 Å². The van der Waals surface area contributed by atoms with Gasteiger partial charge in [0, 0.05) is 27.7 Å². The Morgan fingerprint density at radius 1 is 0.950 bits per heavy atom. The summed E-state index contributed by atoms with van der Waals surface area (Å²) in [5.74, 6) is -4.05. The number of esters is 4. The highest BCUT2D eigenvalue weighted by atomic mass is 32.2. The minimum Gasteiger partial charge on any atom is -0.463 e. The highest BCUT2D eigenvalue weighted by molar-refractivity contribution is 8.15. The molecular formula is C23H27N3O12S2. The fourth-order valence-electron chi connectivity index (χ4n) is 3.87. The number of amidine groups is 1. The molecule has 2 aliphatic heterocycles. The molecule has 5 atom stereocenters. The molecule has 218 valence electrons. The molecular weight excluding hydrogens is 574 g/mol. The van der Waals surface area contributed by atoms with E-state index in [2.05, 4.69) is 9.93 Å². The first-order valence-corrected chi connectivity index (χ1v) is 14.2. The summed E-state index contributed by atoms with van der Waals surface area (Å²) >= 11 is 0.856. The molecule has 2 saturated heterocycles. The van der Waals surface area contributed by atoms with E-state index < -0.39 is 77.1 Å². The lowest BCUT2D eigenvalue weighted by Crippen LogP contribution is -2.66. The van der Waals surface area contributed by atoms with Crippen LogP contribution in [0.1, 0.15) is 27.7 Å². The number of nitrogens with zero attached hydrogens (tertiary/aromatic N) is 2. The number of carbonyl (C=O) groups excluding carboxylic acids is 5. The van der Waals surface area contributed by atoms with Crippen LogP contribution in [0.4, 0.5) is 0 Å². The Morgan fingerprint density at radius 3 is 2.10 bits per heavy atom. The van der Waals surface area contributed by atoms with Gasteiger partial charge in [-0.1, -0.05) is 30.0 Å². The average molecular weight is 602 g/mol. The fourth-order valence-corrected chi connectivity index (χ4v) is 5.61. The third-order valence-corrected chi connectivity index (χ3v) is 7.50. The molecule has 2 aliphatic rings. The van der Waals surface area contributed by atoms with E-state index in [1.54, 1.807) is 6.07 Å². The van der Waals surface area contributed by atoms with Crippen LogP contribution in [0.25, 0.3) is 0 Å². The predicted molar refractivity (Wildman–Crippen MR) is 135 cm³/mol. The maximum absolute atomic E-state index is 13.0. The smallest absolute Gasteiger partial charge is 0.303 e. The zero-order valence-electron chi connectivity index (χ0n) is 21.8. The second-order valence-corrected chi connectivity index (χ2v) is 11.0. The minimum absolute atomic E-state index is 0.0903. The Morgan fingerprint density at radius 2 is 1.52 bits per heavy atom. The molecule has 40 heavy (non-hydrogen) atoms. The molecule has 1 N–H and O–H groups in total. The van der Waals surface area contributed by atoms with Gasteiger partial charge in [-0.15, -0.1) is 5.10 Å². The largest absolute Gasteiger partial charge is 0.463 e. The third-order valence-electron chi connectivity index (χ3n) is 5.34. The highest BCUT2D eigenvalue weighted by Crippen LogP contribution is 2.34. The van der Waals surface area contributed by atoms with Crippen LogP contribution >= 0.6 is 11.8 Å². The van der Waals surface area contributed by atoms with E-state index in [1.807, 2.05) is 0 Å². The van der Waals surface area contributed by atoms with E-state index in [9.17, 15) is 32.4 Å². The van der Waals surface area contributed by atoms with E-state index in [0.717, 1.165) is 44.4 Å². The number of hydrogen-bond donors (Lipinski definition) is 1. The normalized spacial score (nSPS) is 25.7. The fraction of sp³-hybridized carbons (Fsp3) is 0.478. The van der Waals surface area contributed by atoms with Gasteiger partial charge in [-0.2, -0.15) is 13.2 Å². The molecule has 0 aliphatic carbocycles. The summed E-state index contributed by atoms with van der Waals surface area (Å²) in [6, 6.07) is 7.33. The maximum atomic E-state index is 13.0. The minimum atomic E-state index is -4.13. The van der Waals surface area contributed by atoms with Gasteiger partial charge in [0.1, 0.15) is 12.7 Å². The molecule has 1 aromatic rings. The number of benzene rings is 1. The molecule has 0 aromatic heterocycles. The van der Waals surface area contributed by atoms with Gasteiger partial charge >= 0.3 is 23.9 Å². The Hall–Kier alpha value is -3.70. The molecule has 0 spiro atoms. The van der Waals surface area contributed by atoms with Crippen LogP contribution in [0.2, 0.25) is 0 Å². The summed E-state index contributed by atoms with van der Waals surface area (Å²) in [5, 5.41) is 3.72. The monoisotopic (exact) mass is 601 g/mol. The van der Waals surface area contributed by atoms with Gasteiger partial charge in [-0.05, 0) is 12.1 Å². The maximum Gasteiger partial charge on any atom is 0.303 e. The number of amides is 1. The summed E-state index contributed by atoms with van der Waals surface area (Å²) in [4.78, 5) is 63.5. The molecule has 1 aromatic carbocycles. The van der Waals surface area contributed by atoms with Gasteiger partial charge < -0.3 is 23.7 Å². The van der Waals surface area contributed by atoms with Crippen LogP contribution in [0.5, 0.6) is 0 Å². The summed E-state index contributed by atoms with van der Waals surface area (Å²) in [5.41, 5.74) is 0. The summed E-state index contributed by atoms with van der Waals surface area (Å²) in [7, 11) is -4.13. The first-order chi connectivity index (χ1) is 18.8. The van der Waals surface area contributed by atoms with Crippen molar-refractivity contribution >= 4 is 56.7 Å². The second-order valence-electron chi connectivity index (χ2n) is 8.44. The van der Waals surface area contributed by atoms with Crippen molar-refractivity contribution in [3.8, 4) is 0 Å². The Kier molecular flexibility index (Phi) is 10.1. The van der Waals surface area contributed by atoms with Crippen LogP contribution in [0.15, 0.2) is 40.3 Å². The van der Waals surface area contributed by atoms with Gasteiger partial charge in [0.05, 0.1) is 10.6 Å². The number of sulfonamides is 1. The number of carbonyl (C=O) groups is 5. The van der Waals surface area contributed by atoms with E-state index in [-0.39, 0.29) is 15.8 Å². The lowest BCUT2D eigenvalue weighted by atomic mass is 9.96. The molecule has 2 heterocycles. The molecule has 15 nitrogen and oxygen atoms in total. The average Bonchev–Trinajstić information content (AvgIpc) is 3.24. The SMILES string of the molecule is CC(=O)OC[C@H]1O[C@@H](N2C(=O)CS/C2=N\NS(=O)(=O)c2ccccc2)[C@H](OC(C)=O)[C@@H](OC(C)=O)[C@@H]1OC(C)=O. The van der Waals surface area contributed by atoms with Crippen LogP contribution < -0.4 is 4.83 Å². The standard InChI is InChI=1S/C23H27N3O12S2/c1-12(27)34-10-17-19(35-13(2)28)20(36-14(3)29)21(37-15(4)30)22(38-17)26-18(31)11-39-23(26)24-25-40(32,33)16-8-6-5-7-9-16/h5-9,17,19-22,25H,10-11H2,1-4H3/b24-23-/t17-,19-,20+,21-,22-/m1/s1. The first-order valence-electron chi connectivity index (χ1n) is 11.7. The van der Waals surface area contributed by atoms with Crippen molar-refractivity contribution in [2.75, 3.05) is 12.4 Å². The van der Waals surface area contributed by atoms with Crippen LogP contribution in [0, 0.1) is 0 Å². The van der Waals surface area contributed by atoms with Crippen molar-refractivity contribution in [2.24, 2.45) is 5.10 Å². The first kappa shape index (κ1) is 30.8. The zero-order chi connectivity index (χ0) is 29.6. The highest BCUT2D eigenvalue weighted by Gasteiger charge is 2.56. The number of thioether (sulfide) groups is 1. The third kappa shape index (κ3) is 7.70. The van der Waals surface area contributed by atoms with Crippen LogP contribution in [-0.2, 0) is 57.7 Å². The van der Waals surface area contributed by atoms with Gasteiger partial charge in [0.25, 0.3) is 10.0 Å². The molecule has 0 bridgehead atoms. The van der Waals surface area contributed by atoms with Crippen molar-refractivity contribution in [3.63, 3.8) is 0 Å². The number of hydrogen-bond acceptors (Lipinski definition) is 14. The van der Waals surface area contributed by atoms with Crippen LogP contribution in [-0.4, -0.2) is 91.3 Å². The van der Waals surface area contributed by atoms with E-state index in [1.165, 1.54) is 24.3 Å². The van der Waals surface area contributed by atoms with Gasteiger partial charge in [0.15, 0.2) is 29.7 Å². The number of nitrogens with one attached hydrogen (secondary N) is 1. The number of ether oxygens (including phenoxy) is 5. The molecule has 0 saturated carbocycles. The Balaban J connectivity index is 2.05. The van der Waals surface area contributed by atoms with Gasteiger partial charge in [-0.3, -0.25) is 28.9 Å². The van der Waals surface area contributed by atoms with Crippen molar-refractivity contribution in [2.45, 2.75) is 63.2 Å². The van der Waals surface area contributed by atoms with E-state index >= 15 is 0 Å².